The first-order chi connectivity index (χ1) is 13.7. The van der Waals surface area contributed by atoms with Crippen LogP contribution in [0.1, 0.15) is 0 Å². The van der Waals surface area contributed by atoms with Crippen molar-refractivity contribution in [3.05, 3.63) is 66.9 Å². The average Bonchev–Trinajstić information content (AvgIpc) is 3.40. The molecule has 0 aliphatic rings. The van der Waals surface area contributed by atoms with Gasteiger partial charge in [0.2, 0.25) is 11.1 Å². The second kappa shape index (κ2) is 8.05. The van der Waals surface area contributed by atoms with Crippen LogP contribution in [0.5, 0.6) is 0 Å². The van der Waals surface area contributed by atoms with Gasteiger partial charge >= 0.3 is 0 Å². The lowest BCUT2D eigenvalue weighted by molar-refractivity contribution is -0.113. The summed E-state index contributed by atoms with van der Waals surface area (Å²) < 4.78 is 24.0. The van der Waals surface area contributed by atoms with E-state index in [9.17, 15) is 9.18 Å². The number of carbonyl (C=O) groups is 1. The molecule has 0 aliphatic carbocycles. The fourth-order valence-electron chi connectivity index (χ4n) is 2.43. The van der Waals surface area contributed by atoms with Crippen LogP contribution in [0.15, 0.2) is 75.0 Å². The molecular weight excluding hydrogens is 383 g/mol. The van der Waals surface area contributed by atoms with Crippen LogP contribution in [0.3, 0.4) is 0 Å². The Morgan fingerprint density at radius 3 is 2.43 bits per heavy atom. The third-order valence-electron chi connectivity index (χ3n) is 3.62. The van der Waals surface area contributed by atoms with E-state index in [1.165, 1.54) is 30.7 Å². The number of aromatic nitrogens is 3. The number of halogens is 1. The number of rotatable bonds is 6. The van der Waals surface area contributed by atoms with Gasteiger partial charge in [-0.1, -0.05) is 17.8 Å². The minimum atomic E-state index is -0.422. The Morgan fingerprint density at radius 1 is 1.00 bits per heavy atom. The monoisotopic (exact) mass is 396 g/mol. The highest BCUT2D eigenvalue weighted by Gasteiger charge is 2.18. The van der Waals surface area contributed by atoms with Crippen molar-refractivity contribution in [1.82, 2.24) is 15.2 Å². The number of hydrogen-bond acceptors (Lipinski definition) is 7. The van der Waals surface area contributed by atoms with Gasteiger partial charge in [-0.3, -0.25) is 4.79 Å². The molecule has 0 unspecified atom stereocenters. The summed E-state index contributed by atoms with van der Waals surface area (Å²) in [5.41, 5.74) is 1.28. The van der Waals surface area contributed by atoms with Gasteiger partial charge in [0.15, 0.2) is 17.2 Å². The van der Waals surface area contributed by atoms with E-state index in [0.29, 0.717) is 33.8 Å². The number of hydrogen-bond donors (Lipinski definition) is 1. The van der Waals surface area contributed by atoms with E-state index < -0.39 is 5.82 Å². The van der Waals surface area contributed by atoms with E-state index >= 15 is 0 Å². The number of nitrogens with one attached hydrogen (secondary N) is 1. The fourth-order valence-corrected chi connectivity index (χ4v) is 3.02. The van der Waals surface area contributed by atoms with Gasteiger partial charge in [0, 0.05) is 5.69 Å². The standard InChI is InChI=1S/C19H13FN4O3S/c20-12-4-1-5-13(10-12)21-16(25)11-28-19-22-17(14-6-2-8-26-14)18(23-24-19)15-7-3-9-27-15/h1-10H,11H2,(H,21,25). The maximum absolute atomic E-state index is 13.2. The Labute approximate surface area is 163 Å². The van der Waals surface area contributed by atoms with Gasteiger partial charge in [0.05, 0.1) is 18.3 Å². The molecule has 140 valence electrons. The van der Waals surface area contributed by atoms with Gasteiger partial charge in [-0.2, -0.15) is 0 Å². The first-order valence-electron chi connectivity index (χ1n) is 8.20. The minimum Gasteiger partial charge on any atom is -0.463 e. The summed E-state index contributed by atoms with van der Waals surface area (Å²) in [6, 6.07) is 12.7. The lowest BCUT2D eigenvalue weighted by atomic mass is 10.2. The van der Waals surface area contributed by atoms with Gasteiger partial charge in [0.25, 0.3) is 0 Å². The molecule has 4 rings (SSSR count). The zero-order chi connectivity index (χ0) is 19.3. The number of thioether (sulfide) groups is 1. The molecule has 0 aliphatic heterocycles. The van der Waals surface area contributed by atoms with Gasteiger partial charge in [0.1, 0.15) is 11.5 Å². The summed E-state index contributed by atoms with van der Waals surface area (Å²) in [4.78, 5) is 16.6. The van der Waals surface area contributed by atoms with E-state index in [1.54, 1.807) is 30.3 Å². The lowest BCUT2D eigenvalue weighted by Gasteiger charge is -2.06. The molecule has 7 nitrogen and oxygen atoms in total. The van der Waals surface area contributed by atoms with E-state index in [4.69, 9.17) is 8.83 Å². The summed E-state index contributed by atoms with van der Waals surface area (Å²) in [5.74, 6) is 0.318. The minimum absolute atomic E-state index is 0.0376. The number of furan rings is 2. The summed E-state index contributed by atoms with van der Waals surface area (Å²) in [7, 11) is 0. The molecule has 1 amide bonds. The van der Waals surface area contributed by atoms with Crippen LogP contribution < -0.4 is 5.32 Å². The molecule has 9 heteroatoms. The number of anilines is 1. The molecule has 28 heavy (non-hydrogen) atoms. The fraction of sp³-hybridized carbons (Fsp3) is 0.0526. The SMILES string of the molecule is O=C(CSc1nnc(-c2ccco2)c(-c2ccco2)n1)Nc1cccc(F)c1. The van der Waals surface area contributed by atoms with Crippen LogP contribution in [-0.2, 0) is 4.79 Å². The average molecular weight is 396 g/mol. The molecule has 0 saturated heterocycles. The molecule has 3 aromatic heterocycles. The molecular formula is C19H13FN4O3S. The van der Waals surface area contributed by atoms with Crippen molar-refractivity contribution in [3.63, 3.8) is 0 Å². The van der Waals surface area contributed by atoms with Crippen LogP contribution in [-0.4, -0.2) is 26.8 Å². The molecule has 1 N–H and O–H groups in total. The van der Waals surface area contributed by atoms with Crippen LogP contribution in [0.4, 0.5) is 10.1 Å². The van der Waals surface area contributed by atoms with Gasteiger partial charge in [-0.15, -0.1) is 10.2 Å². The van der Waals surface area contributed by atoms with Crippen molar-refractivity contribution in [2.24, 2.45) is 0 Å². The molecule has 4 aromatic rings. The highest BCUT2D eigenvalue weighted by atomic mass is 32.2. The predicted molar refractivity (Wildman–Crippen MR) is 101 cm³/mol. The largest absolute Gasteiger partial charge is 0.463 e. The van der Waals surface area contributed by atoms with E-state index in [2.05, 4.69) is 20.5 Å². The second-order valence-electron chi connectivity index (χ2n) is 5.59. The lowest BCUT2D eigenvalue weighted by Crippen LogP contribution is -2.14. The molecule has 0 radical (unpaired) electrons. The van der Waals surface area contributed by atoms with Gasteiger partial charge in [-0.05, 0) is 42.5 Å². The van der Waals surface area contributed by atoms with Crippen molar-refractivity contribution in [2.75, 3.05) is 11.1 Å². The van der Waals surface area contributed by atoms with Crippen molar-refractivity contribution >= 4 is 23.4 Å². The molecule has 3 heterocycles. The van der Waals surface area contributed by atoms with Crippen molar-refractivity contribution in [2.45, 2.75) is 5.16 Å². The van der Waals surface area contributed by atoms with Crippen molar-refractivity contribution in [3.8, 4) is 22.9 Å². The number of carbonyl (C=O) groups excluding carboxylic acids is 1. The molecule has 0 fully saturated rings. The van der Waals surface area contributed by atoms with Gasteiger partial charge in [-0.25, -0.2) is 9.37 Å². The third-order valence-corrected chi connectivity index (χ3v) is 4.45. The maximum Gasteiger partial charge on any atom is 0.234 e. The Kier molecular flexibility index (Phi) is 5.16. The molecule has 0 atom stereocenters. The van der Waals surface area contributed by atoms with Gasteiger partial charge < -0.3 is 14.2 Å². The Balaban J connectivity index is 1.51. The van der Waals surface area contributed by atoms with Crippen LogP contribution in [0.2, 0.25) is 0 Å². The zero-order valence-electron chi connectivity index (χ0n) is 14.3. The van der Waals surface area contributed by atoms with Crippen molar-refractivity contribution in [1.29, 1.82) is 0 Å². The van der Waals surface area contributed by atoms with E-state index in [0.717, 1.165) is 11.8 Å². The molecule has 0 spiro atoms. The topological polar surface area (TPSA) is 94.0 Å². The Hall–Kier alpha value is -3.46. The zero-order valence-corrected chi connectivity index (χ0v) is 15.1. The summed E-state index contributed by atoms with van der Waals surface area (Å²) in [6.45, 7) is 0. The van der Waals surface area contributed by atoms with Crippen LogP contribution >= 0.6 is 11.8 Å². The second-order valence-corrected chi connectivity index (χ2v) is 6.54. The maximum atomic E-state index is 13.2. The predicted octanol–water partition coefficient (Wildman–Crippen LogP) is 4.26. The number of benzene rings is 1. The normalized spacial score (nSPS) is 10.8. The molecule has 1 aromatic carbocycles. The quantitative estimate of drug-likeness (QED) is 0.487. The molecule has 0 saturated carbocycles. The molecule has 0 bridgehead atoms. The highest BCUT2D eigenvalue weighted by Crippen LogP contribution is 2.30. The first kappa shape index (κ1) is 17.9. The summed E-state index contributed by atoms with van der Waals surface area (Å²) >= 11 is 1.11. The van der Waals surface area contributed by atoms with E-state index in [1.807, 2.05) is 0 Å². The Morgan fingerprint density at radius 2 is 1.75 bits per heavy atom. The summed E-state index contributed by atoms with van der Waals surface area (Å²) in [5, 5.41) is 11.2. The van der Waals surface area contributed by atoms with E-state index in [-0.39, 0.29) is 11.7 Å². The van der Waals surface area contributed by atoms with Crippen molar-refractivity contribution < 1.29 is 18.0 Å². The Bertz CT molecular complexity index is 1080. The first-order valence-corrected chi connectivity index (χ1v) is 9.18. The van der Waals surface area contributed by atoms with Crippen LogP contribution in [0.25, 0.3) is 22.9 Å². The smallest absolute Gasteiger partial charge is 0.234 e. The number of amides is 1. The third kappa shape index (κ3) is 4.09. The van der Waals surface area contributed by atoms with Crippen LogP contribution in [0, 0.1) is 5.82 Å². The highest BCUT2D eigenvalue weighted by molar-refractivity contribution is 7.99. The number of nitrogens with zero attached hydrogens (tertiary/aromatic N) is 3. The summed E-state index contributed by atoms with van der Waals surface area (Å²) in [6.07, 6.45) is 3.06.